The second-order valence-corrected chi connectivity index (χ2v) is 8.62. The highest BCUT2D eigenvalue weighted by Gasteiger charge is 2.14. The maximum atomic E-state index is 6.23. The van der Waals surface area contributed by atoms with Crippen molar-refractivity contribution in [1.82, 2.24) is 0 Å². The van der Waals surface area contributed by atoms with Gasteiger partial charge in [0, 0.05) is 21.5 Å². The number of fused-ring (bicyclic) bond motifs is 6. The number of hydrogen-bond acceptors (Lipinski definition) is 2. The summed E-state index contributed by atoms with van der Waals surface area (Å²) in [6.45, 7) is 4.50. The molecule has 0 aliphatic rings. The molecule has 0 saturated carbocycles. The van der Waals surface area contributed by atoms with E-state index in [0.717, 1.165) is 45.9 Å². The van der Waals surface area contributed by atoms with Crippen LogP contribution in [0.2, 0.25) is 0 Å². The van der Waals surface area contributed by atoms with Crippen molar-refractivity contribution >= 4 is 43.9 Å². The van der Waals surface area contributed by atoms with Crippen molar-refractivity contribution in [2.24, 2.45) is 0 Å². The molecule has 2 heteroatoms. The molecule has 0 bridgehead atoms. The Balaban J connectivity index is 1.58. The summed E-state index contributed by atoms with van der Waals surface area (Å²) in [5.74, 6) is 0. The van der Waals surface area contributed by atoms with E-state index < -0.39 is 0 Å². The highest BCUT2D eigenvalue weighted by Crippen LogP contribution is 2.37. The van der Waals surface area contributed by atoms with Gasteiger partial charge in [0.25, 0.3) is 0 Å². The summed E-state index contributed by atoms with van der Waals surface area (Å²) in [7, 11) is 0. The largest absolute Gasteiger partial charge is 0.456 e. The minimum absolute atomic E-state index is 0.947. The van der Waals surface area contributed by atoms with Crippen LogP contribution in [-0.4, -0.2) is 0 Å². The molecule has 0 radical (unpaired) electrons. The molecule has 0 atom stereocenters. The minimum atomic E-state index is 0.947. The molecular weight excluding hydrogens is 368 g/mol. The summed E-state index contributed by atoms with van der Waals surface area (Å²) in [6.07, 6.45) is 9.81. The normalized spacial score (nSPS) is 12.1. The summed E-state index contributed by atoms with van der Waals surface area (Å²) >= 11 is 0. The van der Waals surface area contributed by atoms with Gasteiger partial charge in [-0.05, 0) is 73.2 Å². The molecule has 0 unspecified atom stereocenters. The molecule has 0 N–H and O–H groups in total. The Morgan fingerprint density at radius 1 is 0.500 bits per heavy atom. The van der Waals surface area contributed by atoms with Gasteiger partial charge in [0.2, 0.25) is 0 Å². The number of hydrogen-bond donors (Lipinski definition) is 0. The Morgan fingerprint density at radius 3 is 1.37 bits per heavy atom. The Morgan fingerprint density at radius 2 is 0.933 bits per heavy atom. The van der Waals surface area contributed by atoms with E-state index in [1.54, 1.807) is 0 Å². The Hall–Kier alpha value is -2.74. The van der Waals surface area contributed by atoms with Crippen molar-refractivity contribution in [2.45, 2.75) is 65.2 Å². The van der Waals surface area contributed by atoms with Crippen LogP contribution in [0.1, 0.15) is 63.5 Å². The number of benzene rings is 3. The van der Waals surface area contributed by atoms with Gasteiger partial charge in [0.1, 0.15) is 22.3 Å². The van der Waals surface area contributed by atoms with Gasteiger partial charge in [-0.3, -0.25) is 0 Å². The van der Waals surface area contributed by atoms with Crippen molar-refractivity contribution in [1.29, 1.82) is 0 Å². The molecule has 2 nitrogen and oxygen atoms in total. The smallest absolute Gasteiger partial charge is 0.136 e. The molecule has 0 fully saturated rings. The van der Waals surface area contributed by atoms with E-state index in [0.29, 0.717) is 0 Å². The van der Waals surface area contributed by atoms with Crippen molar-refractivity contribution in [3.8, 4) is 0 Å². The van der Waals surface area contributed by atoms with E-state index >= 15 is 0 Å². The molecule has 0 aliphatic heterocycles. The van der Waals surface area contributed by atoms with Crippen LogP contribution in [0.3, 0.4) is 0 Å². The second-order valence-electron chi connectivity index (χ2n) is 8.62. The molecule has 0 aliphatic carbocycles. The quantitative estimate of drug-likeness (QED) is 0.244. The van der Waals surface area contributed by atoms with Crippen molar-refractivity contribution in [3.05, 3.63) is 59.7 Å². The average Bonchev–Trinajstić information content (AvgIpc) is 3.29. The minimum Gasteiger partial charge on any atom is -0.456 e. The molecular formula is C28H30O2. The molecule has 3 aromatic carbocycles. The van der Waals surface area contributed by atoms with Gasteiger partial charge in [0.15, 0.2) is 0 Å². The zero-order valence-corrected chi connectivity index (χ0v) is 18.1. The van der Waals surface area contributed by atoms with E-state index in [1.165, 1.54) is 60.4 Å². The van der Waals surface area contributed by atoms with Gasteiger partial charge in [0.05, 0.1) is 0 Å². The standard InChI is InChI=1S/C28H30O2/c1-3-5-7-9-19-11-13-25-21(15-19)23-17-28-24(18-27(23)29-25)22-16-20(10-8-6-4-2)12-14-26(22)30-28/h11-18H,3-10H2,1-2H3. The molecule has 30 heavy (non-hydrogen) atoms. The van der Waals surface area contributed by atoms with E-state index in [9.17, 15) is 0 Å². The lowest BCUT2D eigenvalue weighted by Gasteiger charge is -2.00. The maximum absolute atomic E-state index is 6.23. The fourth-order valence-electron chi connectivity index (χ4n) is 4.61. The zero-order chi connectivity index (χ0) is 20.5. The Labute approximate surface area is 177 Å². The van der Waals surface area contributed by atoms with Gasteiger partial charge >= 0.3 is 0 Å². The monoisotopic (exact) mass is 398 g/mol. The van der Waals surface area contributed by atoms with Gasteiger partial charge in [-0.25, -0.2) is 0 Å². The summed E-state index contributed by atoms with van der Waals surface area (Å²) in [5.41, 5.74) is 6.59. The van der Waals surface area contributed by atoms with Crippen molar-refractivity contribution < 1.29 is 8.83 Å². The first-order valence-electron chi connectivity index (χ1n) is 11.6. The average molecular weight is 399 g/mol. The van der Waals surface area contributed by atoms with E-state index in [4.69, 9.17) is 8.83 Å². The SMILES string of the molecule is CCCCCc1ccc2oc3cc4c(cc3c2c1)oc1ccc(CCCCC)cc14. The van der Waals surface area contributed by atoms with Crippen LogP contribution >= 0.6 is 0 Å². The highest BCUT2D eigenvalue weighted by atomic mass is 16.3. The Bertz CT molecular complexity index is 1210. The summed E-state index contributed by atoms with van der Waals surface area (Å²) < 4.78 is 12.5. The molecule has 5 aromatic rings. The number of furan rings is 2. The topological polar surface area (TPSA) is 26.3 Å². The summed E-state index contributed by atoms with van der Waals surface area (Å²) in [5, 5.41) is 4.69. The second kappa shape index (κ2) is 8.18. The molecule has 0 spiro atoms. The third-order valence-corrected chi connectivity index (χ3v) is 6.33. The summed E-state index contributed by atoms with van der Waals surface area (Å²) in [6, 6.07) is 17.6. The molecule has 2 aromatic heterocycles. The fourth-order valence-corrected chi connectivity index (χ4v) is 4.61. The summed E-state index contributed by atoms with van der Waals surface area (Å²) in [4.78, 5) is 0. The van der Waals surface area contributed by atoms with E-state index in [2.05, 4.69) is 62.4 Å². The van der Waals surface area contributed by atoms with Crippen LogP contribution in [0.5, 0.6) is 0 Å². The fraction of sp³-hybridized carbons (Fsp3) is 0.357. The molecule has 0 amide bonds. The van der Waals surface area contributed by atoms with Crippen LogP contribution in [0, 0.1) is 0 Å². The number of aryl methyl sites for hydroxylation is 2. The molecule has 154 valence electrons. The van der Waals surface area contributed by atoms with Crippen LogP contribution in [0.25, 0.3) is 43.9 Å². The lowest BCUT2D eigenvalue weighted by Crippen LogP contribution is -1.84. The van der Waals surface area contributed by atoms with Crippen molar-refractivity contribution in [2.75, 3.05) is 0 Å². The predicted octanol–water partition coefficient (Wildman–Crippen LogP) is 8.95. The lowest BCUT2D eigenvalue weighted by molar-refractivity contribution is 0.663. The Kier molecular flexibility index (Phi) is 5.25. The van der Waals surface area contributed by atoms with Crippen LogP contribution in [-0.2, 0) is 12.8 Å². The van der Waals surface area contributed by atoms with Crippen LogP contribution in [0.4, 0.5) is 0 Å². The lowest BCUT2D eigenvalue weighted by atomic mass is 10.0. The molecule has 5 rings (SSSR count). The van der Waals surface area contributed by atoms with Gasteiger partial charge in [-0.15, -0.1) is 0 Å². The van der Waals surface area contributed by atoms with Gasteiger partial charge < -0.3 is 8.83 Å². The van der Waals surface area contributed by atoms with E-state index in [1.807, 2.05) is 0 Å². The van der Waals surface area contributed by atoms with Gasteiger partial charge in [-0.1, -0.05) is 51.7 Å². The third-order valence-electron chi connectivity index (χ3n) is 6.33. The first kappa shape index (κ1) is 19.2. The van der Waals surface area contributed by atoms with Crippen molar-refractivity contribution in [3.63, 3.8) is 0 Å². The zero-order valence-electron chi connectivity index (χ0n) is 18.1. The predicted molar refractivity (Wildman–Crippen MR) is 127 cm³/mol. The first-order valence-corrected chi connectivity index (χ1v) is 11.6. The maximum Gasteiger partial charge on any atom is 0.136 e. The number of unbranched alkanes of at least 4 members (excludes halogenated alkanes) is 4. The van der Waals surface area contributed by atoms with Gasteiger partial charge in [-0.2, -0.15) is 0 Å². The highest BCUT2D eigenvalue weighted by molar-refractivity contribution is 6.14. The van der Waals surface area contributed by atoms with Crippen LogP contribution in [0.15, 0.2) is 57.4 Å². The first-order chi connectivity index (χ1) is 14.8. The van der Waals surface area contributed by atoms with E-state index in [-0.39, 0.29) is 0 Å². The molecule has 2 heterocycles. The molecule has 0 saturated heterocycles. The third kappa shape index (κ3) is 3.49. The number of rotatable bonds is 8. The van der Waals surface area contributed by atoms with Crippen LogP contribution < -0.4 is 0 Å².